The summed E-state index contributed by atoms with van der Waals surface area (Å²) in [6, 6.07) is 6.20. The number of thioether (sulfide) groups is 1. The van der Waals surface area contributed by atoms with Crippen LogP contribution in [0.4, 0.5) is 10.1 Å². The lowest BCUT2D eigenvalue weighted by Gasteiger charge is -2.03. The third kappa shape index (κ3) is 3.57. The fourth-order valence-electron chi connectivity index (χ4n) is 1.27. The van der Waals surface area contributed by atoms with E-state index in [4.69, 9.17) is 17.3 Å². The van der Waals surface area contributed by atoms with Crippen LogP contribution in [0.3, 0.4) is 0 Å². The van der Waals surface area contributed by atoms with Gasteiger partial charge in [-0.15, -0.1) is 11.8 Å². The molecule has 0 saturated carbocycles. The van der Waals surface area contributed by atoms with Crippen molar-refractivity contribution in [1.29, 1.82) is 0 Å². The lowest BCUT2D eigenvalue weighted by atomic mass is 10.3. The van der Waals surface area contributed by atoms with Crippen LogP contribution in [0.25, 0.3) is 0 Å². The molecule has 0 radical (unpaired) electrons. The van der Waals surface area contributed by atoms with Crippen LogP contribution in [0.5, 0.6) is 0 Å². The van der Waals surface area contributed by atoms with Crippen LogP contribution < -0.4 is 5.73 Å². The Kier molecular flexibility index (Phi) is 3.81. The normalized spacial score (nSPS) is 10.5. The third-order valence-corrected chi connectivity index (χ3v) is 3.16. The van der Waals surface area contributed by atoms with Gasteiger partial charge < -0.3 is 5.73 Å². The molecule has 2 aromatic rings. The van der Waals surface area contributed by atoms with E-state index in [0.29, 0.717) is 11.4 Å². The summed E-state index contributed by atoms with van der Waals surface area (Å²) >= 11 is 7.11. The zero-order chi connectivity index (χ0) is 12.3. The molecular formula is C11H9ClFN3S. The van der Waals surface area contributed by atoms with Gasteiger partial charge >= 0.3 is 0 Å². The highest BCUT2D eigenvalue weighted by Crippen LogP contribution is 2.25. The number of benzene rings is 1. The van der Waals surface area contributed by atoms with Crippen LogP contribution in [0.15, 0.2) is 35.4 Å². The summed E-state index contributed by atoms with van der Waals surface area (Å²) in [5.41, 5.74) is 6.75. The fourth-order valence-corrected chi connectivity index (χ4v) is 2.33. The van der Waals surface area contributed by atoms with Gasteiger partial charge in [-0.05, 0) is 35.9 Å². The molecule has 0 unspecified atom stereocenters. The van der Waals surface area contributed by atoms with Crippen molar-refractivity contribution >= 4 is 29.1 Å². The van der Waals surface area contributed by atoms with Gasteiger partial charge in [-0.1, -0.05) is 0 Å². The first-order valence-electron chi connectivity index (χ1n) is 4.80. The summed E-state index contributed by atoms with van der Waals surface area (Å²) in [6.07, 6.45) is 1.59. The molecule has 0 aliphatic rings. The van der Waals surface area contributed by atoms with Gasteiger partial charge in [0, 0.05) is 22.5 Å². The molecule has 0 spiro atoms. The largest absolute Gasteiger partial charge is 0.399 e. The van der Waals surface area contributed by atoms with Crippen molar-refractivity contribution in [2.45, 2.75) is 10.6 Å². The van der Waals surface area contributed by atoms with Crippen molar-refractivity contribution in [3.05, 3.63) is 47.3 Å². The van der Waals surface area contributed by atoms with Crippen molar-refractivity contribution in [3.63, 3.8) is 0 Å². The van der Waals surface area contributed by atoms with Gasteiger partial charge in [0.05, 0.1) is 5.69 Å². The molecule has 6 heteroatoms. The second-order valence-electron chi connectivity index (χ2n) is 3.33. The first kappa shape index (κ1) is 12.1. The van der Waals surface area contributed by atoms with Gasteiger partial charge in [0.25, 0.3) is 0 Å². The summed E-state index contributed by atoms with van der Waals surface area (Å²) in [5.74, 6) is 0.249. The van der Waals surface area contributed by atoms with E-state index in [1.54, 1.807) is 18.3 Å². The van der Waals surface area contributed by atoms with E-state index in [1.165, 1.54) is 23.9 Å². The molecule has 1 aromatic heterocycles. The molecule has 2 rings (SSSR count). The molecule has 0 atom stereocenters. The minimum absolute atomic E-state index is 0.210. The fraction of sp³-hybridized carbons (Fsp3) is 0.0909. The SMILES string of the molecule is Nc1cc(F)cc(SCc2ccnc(Cl)n2)c1. The minimum atomic E-state index is -0.340. The van der Waals surface area contributed by atoms with E-state index in [2.05, 4.69) is 9.97 Å². The topological polar surface area (TPSA) is 51.8 Å². The van der Waals surface area contributed by atoms with Crippen molar-refractivity contribution in [1.82, 2.24) is 9.97 Å². The molecule has 17 heavy (non-hydrogen) atoms. The zero-order valence-electron chi connectivity index (χ0n) is 8.73. The van der Waals surface area contributed by atoms with Crippen molar-refractivity contribution in [2.24, 2.45) is 0 Å². The average Bonchev–Trinajstić information content (AvgIpc) is 2.25. The predicted octanol–water partition coefficient (Wildman–Crippen LogP) is 3.14. The Bertz CT molecular complexity index is 516. The van der Waals surface area contributed by atoms with E-state index in [-0.39, 0.29) is 11.1 Å². The molecule has 0 aliphatic heterocycles. The third-order valence-electron chi connectivity index (χ3n) is 1.96. The Morgan fingerprint density at radius 2 is 2.18 bits per heavy atom. The van der Waals surface area contributed by atoms with E-state index in [0.717, 1.165) is 10.6 Å². The second-order valence-corrected chi connectivity index (χ2v) is 4.71. The molecule has 3 nitrogen and oxygen atoms in total. The standard InChI is InChI=1S/C11H9ClFN3S/c12-11-15-2-1-9(16-11)6-17-10-4-7(13)3-8(14)5-10/h1-5H,6,14H2. The number of nitrogen functional groups attached to an aromatic ring is 1. The summed E-state index contributed by atoms with van der Waals surface area (Å²) in [5, 5.41) is 0.210. The summed E-state index contributed by atoms with van der Waals surface area (Å²) in [7, 11) is 0. The lowest BCUT2D eigenvalue weighted by molar-refractivity contribution is 0.625. The van der Waals surface area contributed by atoms with Crippen LogP contribution in [-0.2, 0) is 5.75 Å². The molecule has 0 bridgehead atoms. The molecule has 1 aromatic carbocycles. The maximum Gasteiger partial charge on any atom is 0.222 e. The predicted molar refractivity (Wildman–Crippen MR) is 67.4 cm³/mol. The highest BCUT2D eigenvalue weighted by atomic mass is 35.5. The van der Waals surface area contributed by atoms with Gasteiger partial charge in [-0.2, -0.15) is 0 Å². The number of rotatable bonds is 3. The first-order chi connectivity index (χ1) is 8.13. The van der Waals surface area contributed by atoms with E-state index in [1.807, 2.05) is 0 Å². The summed E-state index contributed by atoms with van der Waals surface area (Å²) in [6.45, 7) is 0. The highest BCUT2D eigenvalue weighted by Gasteiger charge is 2.02. The number of nitrogens with zero attached hydrogens (tertiary/aromatic N) is 2. The maximum atomic E-state index is 13.1. The van der Waals surface area contributed by atoms with E-state index < -0.39 is 0 Å². The Labute approximate surface area is 107 Å². The number of anilines is 1. The highest BCUT2D eigenvalue weighted by molar-refractivity contribution is 7.98. The molecular weight excluding hydrogens is 261 g/mol. The number of halogens is 2. The van der Waals surface area contributed by atoms with Gasteiger partial charge in [0.15, 0.2) is 0 Å². The molecule has 88 valence electrons. The van der Waals surface area contributed by atoms with Crippen LogP contribution in [-0.4, -0.2) is 9.97 Å². The van der Waals surface area contributed by atoms with Crippen molar-refractivity contribution in [2.75, 3.05) is 5.73 Å². The van der Waals surface area contributed by atoms with Crippen LogP contribution in [0.1, 0.15) is 5.69 Å². The minimum Gasteiger partial charge on any atom is -0.399 e. The second kappa shape index (κ2) is 5.33. The number of hydrogen-bond donors (Lipinski definition) is 1. The van der Waals surface area contributed by atoms with Gasteiger partial charge in [0.1, 0.15) is 5.82 Å². The van der Waals surface area contributed by atoms with E-state index in [9.17, 15) is 4.39 Å². The average molecular weight is 270 g/mol. The maximum absolute atomic E-state index is 13.1. The smallest absolute Gasteiger partial charge is 0.222 e. The quantitative estimate of drug-likeness (QED) is 0.528. The van der Waals surface area contributed by atoms with Gasteiger partial charge in [-0.25, -0.2) is 14.4 Å². The Morgan fingerprint density at radius 1 is 1.35 bits per heavy atom. The number of nitrogens with two attached hydrogens (primary N) is 1. The Hall–Kier alpha value is -1.33. The van der Waals surface area contributed by atoms with E-state index >= 15 is 0 Å². The lowest BCUT2D eigenvalue weighted by Crippen LogP contribution is -1.90. The zero-order valence-corrected chi connectivity index (χ0v) is 10.3. The molecule has 2 N–H and O–H groups in total. The molecule has 0 fully saturated rings. The molecule has 0 saturated heterocycles. The van der Waals surface area contributed by atoms with Crippen molar-refractivity contribution in [3.8, 4) is 0 Å². The van der Waals surface area contributed by atoms with Crippen molar-refractivity contribution < 1.29 is 4.39 Å². The van der Waals surface area contributed by atoms with Gasteiger partial charge in [0.2, 0.25) is 5.28 Å². The monoisotopic (exact) mass is 269 g/mol. The first-order valence-corrected chi connectivity index (χ1v) is 6.16. The van der Waals surface area contributed by atoms with Crippen LogP contribution >= 0.6 is 23.4 Å². The Morgan fingerprint density at radius 3 is 2.88 bits per heavy atom. The number of hydrogen-bond acceptors (Lipinski definition) is 4. The van der Waals surface area contributed by atoms with Gasteiger partial charge in [-0.3, -0.25) is 0 Å². The number of aromatic nitrogens is 2. The summed E-state index contributed by atoms with van der Waals surface area (Å²) in [4.78, 5) is 8.59. The summed E-state index contributed by atoms with van der Waals surface area (Å²) < 4.78 is 13.1. The van der Waals surface area contributed by atoms with Crippen LogP contribution in [0, 0.1) is 5.82 Å². The molecule has 0 amide bonds. The molecule has 0 aliphatic carbocycles. The molecule has 1 heterocycles. The Balaban J connectivity index is 2.07. The van der Waals surface area contributed by atoms with Crippen LogP contribution in [0.2, 0.25) is 5.28 Å².